The maximum atomic E-state index is 12.2. The zero-order valence-corrected chi connectivity index (χ0v) is 12.6. The van der Waals surface area contributed by atoms with Crippen LogP contribution in [0.5, 0.6) is 0 Å². The normalized spacial score (nSPS) is 21.8. The summed E-state index contributed by atoms with van der Waals surface area (Å²) in [7, 11) is 0. The molecule has 106 valence electrons. The molecule has 19 heavy (non-hydrogen) atoms. The van der Waals surface area contributed by atoms with Gasteiger partial charge < -0.3 is 11.1 Å². The quantitative estimate of drug-likeness (QED) is 0.899. The summed E-state index contributed by atoms with van der Waals surface area (Å²) in [6, 6.07) is 5.58. The number of rotatable bonds is 3. The number of carbonyl (C=O) groups is 1. The van der Waals surface area contributed by atoms with Gasteiger partial charge in [0, 0.05) is 16.6 Å². The molecule has 1 aromatic rings. The summed E-state index contributed by atoms with van der Waals surface area (Å²) in [5.74, 6) is 0.448. The summed E-state index contributed by atoms with van der Waals surface area (Å²) < 4.78 is 0. The van der Waals surface area contributed by atoms with Crippen molar-refractivity contribution in [2.45, 2.75) is 26.2 Å². The molecule has 1 aromatic carbocycles. The maximum Gasteiger partial charge on any atom is 0.227 e. The minimum Gasteiger partial charge on any atom is -0.330 e. The van der Waals surface area contributed by atoms with Crippen LogP contribution in [0.1, 0.15) is 24.8 Å². The van der Waals surface area contributed by atoms with E-state index in [1.807, 2.05) is 19.1 Å². The van der Waals surface area contributed by atoms with Crippen molar-refractivity contribution in [3.05, 3.63) is 28.8 Å². The summed E-state index contributed by atoms with van der Waals surface area (Å²) in [4.78, 5) is 12.2. The van der Waals surface area contributed by atoms with Crippen molar-refractivity contribution in [2.24, 2.45) is 17.6 Å². The molecular weight excluding hydrogens is 283 g/mol. The average Bonchev–Trinajstić information content (AvgIpc) is 2.82. The first-order valence-corrected chi connectivity index (χ1v) is 6.76. The van der Waals surface area contributed by atoms with Gasteiger partial charge in [0.2, 0.25) is 5.91 Å². The van der Waals surface area contributed by atoms with E-state index in [0.717, 1.165) is 30.5 Å². The molecule has 0 bridgehead atoms. The third-order valence-corrected chi connectivity index (χ3v) is 4.15. The van der Waals surface area contributed by atoms with Gasteiger partial charge in [-0.2, -0.15) is 0 Å². The van der Waals surface area contributed by atoms with E-state index in [4.69, 9.17) is 17.3 Å². The highest BCUT2D eigenvalue weighted by Gasteiger charge is 2.31. The standard InChI is InChI=1S/C14H19ClN2O.ClH/c1-9-5-6-11(7-13(9)15)17-14(18)12-4-2-3-10(12)8-16;/h5-7,10,12H,2-4,8,16H2,1H3,(H,17,18);1H/t10-,12-;/m1./s1. The number of nitrogens with two attached hydrogens (primary N) is 1. The third kappa shape index (κ3) is 3.85. The molecule has 1 amide bonds. The smallest absolute Gasteiger partial charge is 0.227 e. The van der Waals surface area contributed by atoms with Crippen LogP contribution in [0.15, 0.2) is 18.2 Å². The predicted octanol–water partition coefficient (Wildman–Crippen LogP) is 3.38. The lowest BCUT2D eigenvalue weighted by molar-refractivity contribution is -0.120. The Morgan fingerprint density at radius 2 is 2.21 bits per heavy atom. The Balaban J connectivity index is 0.00000180. The molecule has 1 aliphatic carbocycles. The molecule has 3 nitrogen and oxygen atoms in total. The van der Waals surface area contributed by atoms with Gasteiger partial charge in [-0.1, -0.05) is 24.1 Å². The fourth-order valence-corrected chi connectivity index (χ4v) is 2.75. The topological polar surface area (TPSA) is 55.1 Å². The van der Waals surface area contributed by atoms with Gasteiger partial charge in [-0.15, -0.1) is 12.4 Å². The summed E-state index contributed by atoms with van der Waals surface area (Å²) >= 11 is 6.04. The second kappa shape index (κ2) is 7.13. The van der Waals surface area contributed by atoms with Gasteiger partial charge in [0.25, 0.3) is 0 Å². The molecular formula is C14H20Cl2N2O. The number of halogens is 2. The Kier molecular flexibility index (Phi) is 6.11. The number of carbonyl (C=O) groups excluding carboxylic acids is 1. The van der Waals surface area contributed by atoms with Crippen molar-refractivity contribution in [1.29, 1.82) is 0 Å². The second-order valence-corrected chi connectivity index (χ2v) is 5.39. The fraction of sp³-hybridized carbons (Fsp3) is 0.500. The second-order valence-electron chi connectivity index (χ2n) is 4.99. The number of aryl methyl sites for hydroxylation is 1. The maximum absolute atomic E-state index is 12.2. The lowest BCUT2D eigenvalue weighted by Crippen LogP contribution is -2.29. The van der Waals surface area contributed by atoms with E-state index in [2.05, 4.69) is 5.32 Å². The van der Waals surface area contributed by atoms with E-state index in [-0.39, 0.29) is 24.2 Å². The van der Waals surface area contributed by atoms with Gasteiger partial charge in [0.15, 0.2) is 0 Å². The van der Waals surface area contributed by atoms with Crippen LogP contribution in [-0.4, -0.2) is 12.5 Å². The van der Waals surface area contributed by atoms with Crippen molar-refractivity contribution >= 4 is 35.6 Å². The minimum absolute atomic E-state index is 0. The van der Waals surface area contributed by atoms with E-state index in [1.54, 1.807) is 6.07 Å². The molecule has 0 unspecified atom stereocenters. The van der Waals surface area contributed by atoms with Gasteiger partial charge in [-0.05, 0) is 49.9 Å². The molecule has 1 saturated carbocycles. The molecule has 0 aliphatic heterocycles. The van der Waals surface area contributed by atoms with Crippen LogP contribution in [0.4, 0.5) is 5.69 Å². The highest BCUT2D eigenvalue weighted by molar-refractivity contribution is 6.31. The van der Waals surface area contributed by atoms with Crippen LogP contribution >= 0.6 is 24.0 Å². The van der Waals surface area contributed by atoms with Gasteiger partial charge >= 0.3 is 0 Å². The van der Waals surface area contributed by atoms with Crippen molar-refractivity contribution in [3.63, 3.8) is 0 Å². The molecule has 0 aromatic heterocycles. The Labute approximate surface area is 125 Å². The number of hydrogen-bond donors (Lipinski definition) is 2. The van der Waals surface area contributed by atoms with Crippen molar-refractivity contribution in [2.75, 3.05) is 11.9 Å². The Morgan fingerprint density at radius 1 is 1.47 bits per heavy atom. The van der Waals surface area contributed by atoms with Crippen molar-refractivity contribution in [3.8, 4) is 0 Å². The van der Waals surface area contributed by atoms with E-state index < -0.39 is 0 Å². The van der Waals surface area contributed by atoms with E-state index in [1.165, 1.54) is 0 Å². The van der Waals surface area contributed by atoms with Crippen LogP contribution in [0.25, 0.3) is 0 Å². The van der Waals surface area contributed by atoms with Gasteiger partial charge in [-0.25, -0.2) is 0 Å². The van der Waals surface area contributed by atoms with Crippen molar-refractivity contribution < 1.29 is 4.79 Å². The van der Waals surface area contributed by atoms with Gasteiger partial charge in [0.05, 0.1) is 0 Å². The van der Waals surface area contributed by atoms with Crippen LogP contribution in [0.2, 0.25) is 5.02 Å². The lowest BCUT2D eigenvalue weighted by atomic mass is 9.95. The van der Waals surface area contributed by atoms with Crippen LogP contribution in [-0.2, 0) is 4.79 Å². The number of amides is 1. The Hall–Kier alpha value is -0.770. The third-order valence-electron chi connectivity index (χ3n) is 3.74. The number of hydrogen-bond acceptors (Lipinski definition) is 2. The summed E-state index contributed by atoms with van der Waals surface area (Å²) in [5, 5.41) is 3.61. The fourth-order valence-electron chi connectivity index (χ4n) is 2.57. The zero-order valence-electron chi connectivity index (χ0n) is 11.0. The first-order chi connectivity index (χ1) is 8.61. The molecule has 0 saturated heterocycles. The largest absolute Gasteiger partial charge is 0.330 e. The van der Waals surface area contributed by atoms with Crippen molar-refractivity contribution in [1.82, 2.24) is 0 Å². The molecule has 1 fully saturated rings. The molecule has 1 aliphatic rings. The Bertz CT molecular complexity index is 451. The van der Waals surface area contributed by atoms with E-state index in [0.29, 0.717) is 17.5 Å². The number of benzene rings is 1. The summed E-state index contributed by atoms with van der Waals surface area (Å²) in [5.41, 5.74) is 7.47. The molecule has 2 atom stereocenters. The van der Waals surface area contributed by atoms with Crippen LogP contribution in [0.3, 0.4) is 0 Å². The van der Waals surface area contributed by atoms with Gasteiger partial charge in [0.1, 0.15) is 0 Å². The lowest BCUT2D eigenvalue weighted by Gasteiger charge is -2.17. The molecule has 0 radical (unpaired) electrons. The molecule has 0 heterocycles. The van der Waals surface area contributed by atoms with E-state index in [9.17, 15) is 4.79 Å². The first-order valence-electron chi connectivity index (χ1n) is 6.39. The minimum atomic E-state index is 0. The SMILES string of the molecule is Cc1ccc(NC(=O)[C@@H]2CCC[C@@H]2CN)cc1Cl.Cl. The highest BCUT2D eigenvalue weighted by Crippen LogP contribution is 2.32. The highest BCUT2D eigenvalue weighted by atomic mass is 35.5. The monoisotopic (exact) mass is 302 g/mol. The van der Waals surface area contributed by atoms with Gasteiger partial charge in [-0.3, -0.25) is 4.79 Å². The molecule has 2 rings (SSSR count). The zero-order chi connectivity index (χ0) is 13.1. The molecule has 3 N–H and O–H groups in total. The first kappa shape index (κ1) is 16.3. The predicted molar refractivity (Wildman–Crippen MR) is 82.0 cm³/mol. The number of nitrogens with one attached hydrogen (secondary N) is 1. The number of anilines is 1. The molecule has 5 heteroatoms. The Morgan fingerprint density at radius 3 is 2.84 bits per heavy atom. The summed E-state index contributed by atoms with van der Waals surface area (Å²) in [6.07, 6.45) is 3.09. The van der Waals surface area contributed by atoms with E-state index >= 15 is 0 Å². The summed E-state index contributed by atoms with van der Waals surface area (Å²) in [6.45, 7) is 2.53. The van der Waals surface area contributed by atoms with Crippen LogP contribution in [0, 0.1) is 18.8 Å². The van der Waals surface area contributed by atoms with Crippen LogP contribution < -0.4 is 11.1 Å². The molecule has 0 spiro atoms. The average molecular weight is 303 g/mol.